The lowest BCUT2D eigenvalue weighted by Gasteiger charge is -2.30. The molecule has 2 rings (SSSR count). The molecule has 1 aromatic heterocycles. The molecule has 0 bridgehead atoms. The average Bonchev–Trinajstić information content (AvgIpc) is 2.47. The maximum absolute atomic E-state index is 13.4. The molecule has 0 amide bonds. The van der Waals surface area contributed by atoms with E-state index in [1.54, 1.807) is 6.20 Å². The Balaban J connectivity index is 2.24. The topological polar surface area (TPSA) is 42.2 Å². The number of hydrogen-bond acceptors (Lipinski definition) is 3. The van der Waals surface area contributed by atoms with E-state index in [9.17, 15) is 8.78 Å². The van der Waals surface area contributed by atoms with Gasteiger partial charge in [0.15, 0.2) is 0 Å². The SMILES string of the molecule is CCN(Cc1ccccn1)C(CN)c1cc(F)cc(F)c1. The van der Waals surface area contributed by atoms with Crippen LogP contribution in [0, 0.1) is 11.6 Å². The molecule has 1 unspecified atom stereocenters. The summed E-state index contributed by atoms with van der Waals surface area (Å²) in [5, 5.41) is 0. The lowest BCUT2D eigenvalue weighted by molar-refractivity contribution is 0.200. The summed E-state index contributed by atoms with van der Waals surface area (Å²) in [6.07, 6.45) is 1.72. The van der Waals surface area contributed by atoms with Gasteiger partial charge >= 0.3 is 0 Å². The van der Waals surface area contributed by atoms with Crippen LogP contribution in [0.1, 0.15) is 24.2 Å². The first kappa shape index (κ1) is 15.5. The van der Waals surface area contributed by atoms with Crippen LogP contribution in [0.4, 0.5) is 8.78 Å². The van der Waals surface area contributed by atoms with Crippen molar-refractivity contribution in [2.75, 3.05) is 13.1 Å². The van der Waals surface area contributed by atoms with Crippen LogP contribution in [0.15, 0.2) is 42.6 Å². The van der Waals surface area contributed by atoms with E-state index in [2.05, 4.69) is 9.88 Å². The van der Waals surface area contributed by atoms with Crippen molar-refractivity contribution < 1.29 is 8.78 Å². The van der Waals surface area contributed by atoms with Crippen molar-refractivity contribution in [3.8, 4) is 0 Å². The monoisotopic (exact) mass is 291 g/mol. The summed E-state index contributed by atoms with van der Waals surface area (Å²) in [6.45, 7) is 3.55. The first-order chi connectivity index (χ1) is 10.1. The number of hydrogen-bond donors (Lipinski definition) is 1. The highest BCUT2D eigenvalue weighted by Gasteiger charge is 2.19. The second-order valence-electron chi connectivity index (χ2n) is 4.84. The number of pyridine rings is 1. The number of nitrogens with zero attached hydrogens (tertiary/aromatic N) is 2. The molecule has 0 aliphatic carbocycles. The fourth-order valence-electron chi connectivity index (χ4n) is 2.41. The van der Waals surface area contributed by atoms with Gasteiger partial charge in [-0.15, -0.1) is 0 Å². The van der Waals surface area contributed by atoms with Gasteiger partial charge in [-0.3, -0.25) is 9.88 Å². The Bertz CT molecular complexity index is 555. The van der Waals surface area contributed by atoms with Crippen LogP contribution in [-0.4, -0.2) is 23.0 Å². The molecular formula is C16H19F2N3. The summed E-state index contributed by atoms with van der Waals surface area (Å²) < 4.78 is 26.8. The molecule has 2 N–H and O–H groups in total. The number of aromatic nitrogens is 1. The van der Waals surface area contributed by atoms with Gasteiger partial charge in [-0.1, -0.05) is 13.0 Å². The van der Waals surface area contributed by atoms with Crippen molar-refractivity contribution in [1.29, 1.82) is 0 Å². The molecule has 0 aliphatic heterocycles. The van der Waals surface area contributed by atoms with E-state index < -0.39 is 11.6 Å². The minimum absolute atomic E-state index is 0.248. The van der Waals surface area contributed by atoms with Crippen molar-refractivity contribution in [2.45, 2.75) is 19.5 Å². The van der Waals surface area contributed by atoms with Gasteiger partial charge in [0, 0.05) is 31.4 Å². The van der Waals surface area contributed by atoms with Crippen LogP contribution in [0.25, 0.3) is 0 Å². The van der Waals surface area contributed by atoms with E-state index in [-0.39, 0.29) is 12.6 Å². The first-order valence-corrected chi connectivity index (χ1v) is 6.94. The van der Waals surface area contributed by atoms with Crippen LogP contribution in [0.3, 0.4) is 0 Å². The molecule has 1 heterocycles. The molecule has 21 heavy (non-hydrogen) atoms. The summed E-state index contributed by atoms with van der Waals surface area (Å²) in [5.41, 5.74) is 7.27. The normalized spacial score (nSPS) is 12.6. The number of benzene rings is 1. The molecule has 5 heteroatoms. The fourth-order valence-corrected chi connectivity index (χ4v) is 2.41. The molecule has 0 saturated carbocycles. The highest BCUT2D eigenvalue weighted by atomic mass is 19.1. The van der Waals surface area contributed by atoms with E-state index in [1.807, 2.05) is 25.1 Å². The van der Waals surface area contributed by atoms with Gasteiger partial charge in [-0.05, 0) is 36.4 Å². The van der Waals surface area contributed by atoms with Crippen molar-refractivity contribution in [1.82, 2.24) is 9.88 Å². The summed E-state index contributed by atoms with van der Waals surface area (Å²) in [5.74, 6) is -1.17. The molecule has 112 valence electrons. The van der Waals surface area contributed by atoms with Crippen molar-refractivity contribution in [3.05, 3.63) is 65.5 Å². The number of halogens is 2. The average molecular weight is 291 g/mol. The van der Waals surface area contributed by atoms with Crippen LogP contribution in [-0.2, 0) is 6.54 Å². The third kappa shape index (κ3) is 4.06. The second-order valence-corrected chi connectivity index (χ2v) is 4.84. The lowest BCUT2D eigenvalue weighted by atomic mass is 10.0. The minimum atomic E-state index is -0.586. The summed E-state index contributed by atoms with van der Waals surface area (Å²) >= 11 is 0. The van der Waals surface area contributed by atoms with E-state index in [0.717, 1.165) is 11.8 Å². The highest BCUT2D eigenvalue weighted by molar-refractivity contribution is 5.22. The predicted octanol–water partition coefficient (Wildman–Crippen LogP) is 2.88. The largest absolute Gasteiger partial charge is 0.329 e. The summed E-state index contributed by atoms with van der Waals surface area (Å²) in [4.78, 5) is 6.33. The zero-order valence-corrected chi connectivity index (χ0v) is 12.0. The van der Waals surface area contributed by atoms with Gasteiger partial charge in [0.25, 0.3) is 0 Å². The molecule has 2 aromatic rings. The maximum Gasteiger partial charge on any atom is 0.126 e. The number of likely N-dealkylation sites (N-methyl/N-ethyl adjacent to an activating group) is 1. The van der Waals surface area contributed by atoms with Gasteiger partial charge in [-0.25, -0.2) is 8.78 Å². The number of rotatable bonds is 6. The molecular weight excluding hydrogens is 272 g/mol. The van der Waals surface area contributed by atoms with Crippen LogP contribution in [0.5, 0.6) is 0 Å². The van der Waals surface area contributed by atoms with Crippen molar-refractivity contribution in [3.63, 3.8) is 0 Å². The molecule has 0 saturated heterocycles. The van der Waals surface area contributed by atoms with Gasteiger partial charge in [0.1, 0.15) is 11.6 Å². The van der Waals surface area contributed by atoms with E-state index in [1.165, 1.54) is 12.1 Å². The van der Waals surface area contributed by atoms with Crippen LogP contribution >= 0.6 is 0 Å². The summed E-state index contributed by atoms with van der Waals surface area (Å²) in [6, 6.07) is 8.97. The Labute approximate surface area is 123 Å². The molecule has 3 nitrogen and oxygen atoms in total. The van der Waals surface area contributed by atoms with Gasteiger partial charge in [-0.2, -0.15) is 0 Å². The Morgan fingerprint density at radius 2 is 1.90 bits per heavy atom. The Kier molecular flexibility index (Phi) is 5.36. The molecule has 0 radical (unpaired) electrons. The van der Waals surface area contributed by atoms with Gasteiger partial charge in [0.05, 0.1) is 5.69 Å². The Hall–Kier alpha value is -1.85. The molecule has 0 spiro atoms. The minimum Gasteiger partial charge on any atom is -0.329 e. The van der Waals surface area contributed by atoms with Crippen LogP contribution < -0.4 is 5.73 Å². The van der Waals surface area contributed by atoms with Crippen molar-refractivity contribution >= 4 is 0 Å². The van der Waals surface area contributed by atoms with Gasteiger partial charge in [0.2, 0.25) is 0 Å². The maximum atomic E-state index is 13.4. The lowest BCUT2D eigenvalue weighted by Crippen LogP contribution is -2.33. The highest BCUT2D eigenvalue weighted by Crippen LogP contribution is 2.23. The third-order valence-electron chi connectivity index (χ3n) is 3.43. The Morgan fingerprint density at radius 1 is 1.19 bits per heavy atom. The molecule has 1 aromatic carbocycles. The quantitative estimate of drug-likeness (QED) is 0.890. The van der Waals surface area contributed by atoms with Crippen molar-refractivity contribution in [2.24, 2.45) is 5.73 Å². The predicted molar refractivity (Wildman–Crippen MR) is 78.5 cm³/mol. The zero-order valence-electron chi connectivity index (χ0n) is 12.0. The van der Waals surface area contributed by atoms with Gasteiger partial charge < -0.3 is 5.73 Å². The molecule has 0 aliphatic rings. The smallest absolute Gasteiger partial charge is 0.126 e. The third-order valence-corrected chi connectivity index (χ3v) is 3.43. The molecule has 1 atom stereocenters. The second kappa shape index (κ2) is 7.24. The summed E-state index contributed by atoms with van der Waals surface area (Å²) in [7, 11) is 0. The standard InChI is InChI=1S/C16H19F2N3/c1-2-21(11-15-5-3-4-6-20-15)16(10-19)12-7-13(17)9-14(18)8-12/h3-9,16H,2,10-11,19H2,1H3. The first-order valence-electron chi connectivity index (χ1n) is 6.94. The fraction of sp³-hybridized carbons (Fsp3) is 0.312. The van der Waals surface area contributed by atoms with Crippen LogP contribution in [0.2, 0.25) is 0 Å². The van der Waals surface area contributed by atoms with E-state index in [0.29, 0.717) is 18.7 Å². The Morgan fingerprint density at radius 3 is 2.43 bits per heavy atom. The molecule has 0 fully saturated rings. The number of nitrogens with two attached hydrogens (primary N) is 1. The van der Waals surface area contributed by atoms with E-state index >= 15 is 0 Å². The van der Waals surface area contributed by atoms with E-state index in [4.69, 9.17) is 5.73 Å². The zero-order chi connectivity index (χ0) is 15.2.